The molecule has 1 saturated heterocycles. The van der Waals surface area contributed by atoms with E-state index in [0.717, 1.165) is 44.7 Å². The van der Waals surface area contributed by atoms with Gasteiger partial charge in [0.2, 0.25) is 11.8 Å². The van der Waals surface area contributed by atoms with Gasteiger partial charge in [0.1, 0.15) is 0 Å². The summed E-state index contributed by atoms with van der Waals surface area (Å²) in [6.07, 6.45) is 1.26. The smallest absolute Gasteiger partial charge is 0.225 e. The van der Waals surface area contributed by atoms with Crippen LogP contribution in [0.3, 0.4) is 0 Å². The van der Waals surface area contributed by atoms with Crippen molar-refractivity contribution in [3.8, 4) is 0 Å². The molecule has 0 saturated carbocycles. The minimum absolute atomic E-state index is 0.0538. The van der Waals surface area contributed by atoms with Crippen LogP contribution in [0.4, 0.5) is 0 Å². The number of likely N-dealkylation sites (N-methyl/N-ethyl adjacent to an activating group) is 1. The summed E-state index contributed by atoms with van der Waals surface area (Å²) in [5, 5.41) is 0. The monoisotopic (exact) mass is 329 g/mol. The summed E-state index contributed by atoms with van der Waals surface area (Å²) in [5.41, 5.74) is 2.41. The molecular formula is C19H27N3O2. The number of piperazine rings is 1. The number of amides is 2. The highest BCUT2D eigenvalue weighted by atomic mass is 16.2. The summed E-state index contributed by atoms with van der Waals surface area (Å²) in [6.45, 7) is 8.97. The Labute approximate surface area is 144 Å². The first-order chi connectivity index (χ1) is 11.6. The summed E-state index contributed by atoms with van der Waals surface area (Å²) in [4.78, 5) is 31.0. The van der Waals surface area contributed by atoms with Gasteiger partial charge in [0.15, 0.2) is 0 Å². The number of fused-ring (bicyclic) bond motifs is 1. The fourth-order valence-electron chi connectivity index (χ4n) is 3.86. The van der Waals surface area contributed by atoms with Gasteiger partial charge in [0.05, 0.1) is 12.5 Å². The molecule has 2 heterocycles. The normalized spacial score (nSPS) is 21.5. The van der Waals surface area contributed by atoms with Gasteiger partial charge in [-0.2, -0.15) is 0 Å². The zero-order chi connectivity index (χ0) is 17.1. The van der Waals surface area contributed by atoms with E-state index < -0.39 is 0 Å². The summed E-state index contributed by atoms with van der Waals surface area (Å²) >= 11 is 0. The van der Waals surface area contributed by atoms with Crippen molar-refractivity contribution in [3.05, 3.63) is 35.4 Å². The van der Waals surface area contributed by atoms with Crippen LogP contribution < -0.4 is 0 Å². The van der Waals surface area contributed by atoms with E-state index in [2.05, 4.69) is 24.0 Å². The van der Waals surface area contributed by atoms with Crippen LogP contribution in [0.1, 0.15) is 37.4 Å². The third-order valence-corrected chi connectivity index (χ3v) is 5.36. The summed E-state index contributed by atoms with van der Waals surface area (Å²) in [7, 11) is 0. The zero-order valence-corrected chi connectivity index (χ0v) is 14.7. The average Bonchev–Trinajstić information content (AvgIpc) is 2.61. The summed E-state index contributed by atoms with van der Waals surface area (Å²) in [5.74, 6) is 0.219. The Morgan fingerprint density at radius 2 is 1.79 bits per heavy atom. The number of carbonyl (C=O) groups is 2. The summed E-state index contributed by atoms with van der Waals surface area (Å²) < 4.78 is 0. The molecule has 5 nitrogen and oxygen atoms in total. The van der Waals surface area contributed by atoms with E-state index in [1.165, 1.54) is 5.56 Å². The molecular weight excluding hydrogens is 302 g/mol. The quantitative estimate of drug-likeness (QED) is 0.847. The minimum atomic E-state index is -0.121. The third kappa shape index (κ3) is 3.46. The standard InChI is InChI=1S/C19H27N3O2/c1-3-20-10-12-21(13-11-20)19(24)14-18-17-7-5-4-6-16(17)8-9-22(18)15(2)23/h4-7,18H,3,8-14H2,1-2H3. The Hall–Kier alpha value is -1.88. The Bertz CT molecular complexity index is 608. The van der Waals surface area contributed by atoms with E-state index in [4.69, 9.17) is 0 Å². The molecule has 130 valence electrons. The number of benzene rings is 1. The van der Waals surface area contributed by atoms with Gasteiger partial charge in [-0.25, -0.2) is 0 Å². The van der Waals surface area contributed by atoms with Gasteiger partial charge in [0.25, 0.3) is 0 Å². The van der Waals surface area contributed by atoms with Crippen LogP contribution in [0.15, 0.2) is 24.3 Å². The number of hydrogen-bond acceptors (Lipinski definition) is 3. The molecule has 0 aromatic heterocycles. The van der Waals surface area contributed by atoms with Crippen molar-refractivity contribution >= 4 is 11.8 Å². The van der Waals surface area contributed by atoms with E-state index in [9.17, 15) is 9.59 Å². The Morgan fingerprint density at radius 3 is 2.46 bits per heavy atom. The van der Waals surface area contributed by atoms with Crippen molar-refractivity contribution in [1.82, 2.24) is 14.7 Å². The van der Waals surface area contributed by atoms with E-state index in [1.54, 1.807) is 6.92 Å². The lowest BCUT2D eigenvalue weighted by molar-refractivity contribution is -0.137. The van der Waals surface area contributed by atoms with Crippen LogP contribution in [-0.2, 0) is 16.0 Å². The van der Waals surface area contributed by atoms with Gasteiger partial charge >= 0.3 is 0 Å². The van der Waals surface area contributed by atoms with Crippen LogP contribution in [0.25, 0.3) is 0 Å². The Kier molecular flexibility index (Phi) is 5.19. The van der Waals surface area contributed by atoms with Gasteiger partial charge in [0, 0.05) is 39.6 Å². The number of nitrogens with zero attached hydrogens (tertiary/aromatic N) is 3. The molecule has 0 N–H and O–H groups in total. The molecule has 2 aliphatic heterocycles. The van der Waals surface area contributed by atoms with Crippen molar-refractivity contribution in [1.29, 1.82) is 0 Å². The topological polar surface area (TPSA) is 43.9 Å². The second-order valence-electron chi connectivity index (χ2n) is 6.70. The number of rotatable bonds is 3. The van der Waals surface area contributed by atoms with Gasteiger partial charge in [-0.3, -0.25) is 9.59 Å². The number of carbonyl (C=O) groups excluding carboxylic acids is 2. The van der Waals surface area contributed by atoms with Crippen molar-refractivity contribution in [2.24, 2.45) is 0 Å². The van der Waals surface area contributed by atoms with E-state index in [0.29, 0.717) is 13.0 Å². The lowest BCUT2D eigenvalue weighted by atomic mass is 9.90. The van der Waals surface area contributed by atoms with Crippen LogP contribution in [-0.4, -0.2) is 65.8 Å². The maximum absolute atomic E-state index is 12.8. The molecule has 5 heteroatoms. The molecule has 0 spiro atoms. The van der Waals surface area contributed by atoms with Crippen molar-refractivity contribution in [2.45, 2.75) is 32.7 Å². The molecule has 1 atom stereocenters. The lowest BCUT2D eigenvalue weighted by Crippen LogP contribution is -2.49. The predicted molar refractivity (Wildman–Crippen MR) is 93.6 cm³/mol. The molecule has 1 unspecified atom stereocenters. The maximum Gasteiger partial charge on any atom is 0.225 e. The van der Waals surface area contributed by atoms with Gasteiger partial charge in [-0.15, -0.1) is 0 Å². The molecule has 3 rings (SSSR count). The van der Waals surface area contributed by atoms with Crippen LogP contribution in [0.5, 0.6) is 0 Å². The second-order valence-corrected chi connectivity index (χ2v) is 6.70. The average molecular weight is 329 g/mol. The molecule has 0 radical (unpaired) electrons. The molecule has 1 aromatic rings. The van der Waals surface area contributed by atoms with E-state index in [1.807, 2.05) is 21.9 Å². The largest absolute Gasteiger partial charge is 0.340 e. The van der Waals surface area contributed by atoms with Crippen LogP contribution in [0.2, 0.25) is 0 Å². The zero-order valence-electron chi connectivity index (χ0n) is 14.7. The Morgan fingerprint density at radius 1 is 1.08 bits per heavy atom. The van der Waals surface area contributed by atoms with E-state index in [-0.39, 0.29) is 17.9 Å². The number of hydrogen-bond donors (Lipinski definition) is 0. The van der Waals surface area contributed by atoms with Crippen molar-refractivity contribution < 1.29 is 9.59 Å². The van der Waals surface area contributed by atoms with Gasteiger partial charge in [-0.05, 0) is 24.1 Å². The maximum atomic E-state index is 12.8. The first kappa shape index (κ1) is 17.0. The highest BCUT2D eigenvalue weighted by molar-refractivity contribution is 5.80. The molecule has 0 bridgehead atoms. The SMILES string of the molecule is CCN1CCN(C(=O)CC2c3ccccc3CCN2C(C)=O)CC1. The first-order valence-electron chi connectivity index (χ1n) is 8.95. The minimum Gasteiger partial charge on any atom is -0.340 e. The lowest BCUT2D eigenvalue weighted by Gasteiger charge is -2.39. The fraction of sp³-hybridized carbons (Fsp3) is 0.579. The molecule has 1 aromatic carbocycles. The van der Waals surface area contributed by atoms with Crippen molar-refractivity contribution in [2.75, 3.05) is 39.3 Å². The fourth-order valence-corrected chi connectivity index (χ4v) is 3.86. The highest BCUT2D eigenvalue weighted by Crippen LogP contribution is 2.32. The van der Waals surface area contributed by atoms with Crippen molar-refractivity contribution in [3.63, 3.8) is 0 Å². The first-order valence-corrected chi connectivity index (χ1v) is 8.95. The highest BCUT2D eigenvalue weighted by Gasteiger charge is 2.32. The van der Waals surface area contributed by atoms with Crippen LogP contribution in [0, 0.1) is 0 Å². The van der Waals surface area contributed by atoms with Crippen LogP contribution >= 0.6 is 0 Å². The molecule has 24 heavy (non-hydrogen) atoms. The molecule has 0 aliphatic carbocycles. The third-order valence-electron chi connectivity index (χ3n) is 5.36. The molecule has 1 fully saturated rings. The summed E-state index contributed by atoms with van der Waals surface area (Å²) in [6, 6.07) is 8.09. The second kappa shape index (κ2) is 7.34. The molecule has 2 aliphatic rings. The van der Waals surface area contributed by atoms with E-state index >= 15 is 0 Å². The predicted octanol–water partition coefficient (Wildman–Crippen LogP) is 1.69. The molecule has 2 amide bonds. The van der Waals surface area contributed by atoms with Gasteiger partial charge in [-0.1, -0.05) is 31.2 Å². The van der Waals surface area contributed by atoms with Gasteiger partial charge < -0.3 is 14.7 Å². The Balaban J connectivity index is 1.74.